The standard InChI is InChI=1S/C18H22FN3O3/c1-3-24-10-14-8-17-16(20-12-21(17)2)9-22(14)18(23)11-25-15-6-4-13(19)5-7-15/h4-7,12,14H,3,8-11H2,1-2H3/t14-/m0/s1. The van der Waals surface area contributed by atoms with Crippen LogP contribution in [-0.2, 0) is 29.5 Å². The van der Waals surface area contributed by atoms with Crippen molar-refractivity contribution >= 4 is 5.91 Å². The molecule has 0 saturated heterocycles. The highest BCUT2D eigenvalue weighted by atomic mass is 19.1. The second-order valence-corrected chi connectivity index (χ2v) is 6.03. The normalized spacial score (nSPS) is 16.6. The Morgan fingerprint density at radius 1 is 1.36 bits per heavy atom. The lowest BCUT2D eigenvalue weighted by atomic mass is 10.0. The van der Waals surface area contributed by atoms with Gasteiger partial charge in [-0.2, -0.15) is 0 Å². The van der Waals surface area contributed by atoms with Crippen LogP contribution in [0.1, 0.15) is 18.3 Å². The first-order valence-corrected chi connectivity index (χ1v) is 8.33. The van der Waals surface area contributed by atoms with Gasteiger partial charge in [-0.1, -0.05) is 0 Å². The van der Waals surface area contributed by atoms with E-state index in [1.807, 2.05) is 18.5 Å². The molecule has 0 fully saturated rings. The molecule has 0 bridgehead atoms. The highest BCUT2D eigenvalue weighted by molar-refractivity contribution is 5.78. The summed E-state index contributed by atoms with van der Waals surface area (Å²) in [5, 5.41) is 0. The molecular formula is C18H22FN3O3. The predicted molar refractivity (Wildman–Crippen MR) is 89.6 cm³/mol. The molecule has 2 aromatic rings. The number of aryl methyl sites for hydroxylation is 1. The number of halogens is 1. The molecule has 25 heavy (non-hydrogen) atoms. The van der Waals surface area contributed by atoms with E-state index in [1.54, 1.807) is 11.2 Å². The Hall–Kier alpha value is -2.41. The molecule has 0 saturated carbocycles. The lowest BCUT2D eigenvalue weighted by Crippen LogP contribution is -2.48. The van der Waals surface area contributed by atoms with Crippen LogP contribution in [0.3, 0.4) is 0 Å². The van der Waals surface area contributed by atoms with Crippen LogP contribution < -0.4 is 4.74 Å². The SMILES string of the molecule is CCOC[C@@H]1Cc2c(ncn2C)CN1C(=O)COc1ccc(F)cc1. The molecule has 7 heteroatoms. The van der Waals surface area contributed by atoms with E-state index < -0.39 is 0 Å². The summed E-state index contributed by atoms with van der Waals surface area (Å²) in [6.07, 6.45) is 2.47. The molecule has 0 aliphatic carbocycles. The van der Waals surface area contributed by atoms with E-state index in [9.17, 15) is 9.18 Å². The van der Waals surface area contributed by atoms with Gasteiger partial charge in [0.25, 0.3) is 5.91 Å². The summed E-state index contributed by atoms with van der Waals surface area (Å²) in [7, 11) is 1.96. The van der Waals surface area contributed by atoms with Crippen molar-refractivity contribution in [3.8, 4) is 5.75 Å². The van der Waals surface area contributed by atoms with Crippen LogP contribution in [0.5, 0.6) is 5.75 Å². The molecule has 1 aliphatic rings. The van der Waals surface area contributed by atoms with Gasteiger partial charge in [-0.15, -0.1) is 0 Å². The average molecular weight is 347 g/mol. The molecule has 0 unspecified atom stereocenters. The largest absolute Gasteiger partial charge is 0.484 e. The molecule has 0 spiro atoms. The second-order valence-electron chi connectivity index (χ2n) is 6.03. The number of imidazole rings is 1. The van der Waals surface area contributed by atoms with Crippen molar-refractivity contribution in [3.63, 3.8) is 0 Å². The third kappa shape index (κ3) is 3.99. The number of carbonyl (C=O) groups is 1. The topological polar surface area (TPSA) is 56.6 Å². The zero-order valence-electron chi connectivity index (χ0n) is 14.4. The van der Waals surface area contributed by atoms with E-state index in [1.165, 1.54) is 24.3 Å². The lowest BCUT2D eigenvalue weighted by molar-refractivity contribution is -0.138. The minimum Gasteiger partial charge on any atom is -0.484 e. The Labute approximate surface area is 146 Å². The maximum atomic E-state index is 12.9. The van der Waals surface area contributed by atoms with Crippen LogP contribution in [0, 0.1) is 5.82 Å². The molecule has 1 aromatic carbocycles. The lowest BCUT2D eigenvalue weighted by Gasteiger charge is -2.35. The molecule has 134 valence electrons. The van der Waals surface area contributed by atoms with Crippen LogP contribution in [0.2, 0.25) is 0 Å². The summed E-state index contributed by atoms with van der Waals surface area (Å²) in [6.45, 7) is 3.35. The van der Waals surface area contributed by atoms with E-state index in [2.05, 4.69) is 4.98 Å². The summed E-state index contributed by atoms with van der Waals surface area (Å²) < 4.78 is 26.0. The van der Waals surface area contributed by atoms with E-state index in [0.29, 0.717) is 31.9 Å². The van der Waals surface area contributed by atoms with Crippen LogP contribution >= 0.6 is 0 Å². The Morgan fingerprint density at radius 3 is 2.84 bits per heavy atom. The van der Waals surface area contributed by atoms with E-state index in [4.69, 9.17) is 9.47 Å². The number of hydrogen-bond acceptors (Lipinski definition) is 4. The van der Waals surface area contributed by atoms with Gasteiger partial charge in [0.05, 0.1) is 31.2 Å². The predicted octanol–water partition coefficient (Wildman–Crippen LogP) is 1.93. The van der Waals surface area contributed by atoms with Crippen LogP contribution in [0.4, 0.5) is 4.39 Å². The maximum absolute atomic E-state index is 12.9. The van der Waals surface area contributed by atoms with Crippen molar-refractivity contribution in [1.82, 2.24) is 14.5 Å². The van der Waals surface area contributed by atoms with Gasteiger partial charge in [0.1, 0.15) is 11.6 Å². The van der Waals surface area contributed by atoms with Gasteiger partial charge in [-0.05, 0) is 31.2 Å². The number of benzene rings is 1. The van der Waals surface area contributed by atoms with Crippen molar-refractivity contribution in [2.45, 2.75) is 25.9 Å². The number of fused-ring (bicyclic) bond motifs is 1. The zero-order chi connectivity index (χ0) is 17.8. The Balaban J connectivity index is 1.68. The first kappa shape index (κ1) is 17.4. The Kier molecular flexibility index (Phi) is 5.33. The quantitative estimate of drug-likeness (QED) is 0.801. The molecule has 1 amide bonds. The summed E-state index contributed by atoms with van der Waals surface area (Å²) in [6, 6.07) is 5.57. The molecular weight excluding hydrogens is 325 g/mol. The molecule has 0 N–H and O–H groups in total. The first-order chi connectivity index (χ1) is 12.1. The number of ether oxygens (including phenoxy) is 2. The van der Waals surface area contributed by atoms with Crippen molar-refractivity contribution in [3.05, 3.63) is 47.8 Å². The van der Waals surface area contributed by atoms with Crippen LogP contribution in [-0.4, -0.2) is 46.2 Å². The van der Waals surface area contributed by atoms with Crippen LogP contribution in [0.25, 0.3) is 0 Å². The molecule has 1 aromatic heterocycles. The summed E-state index contributed by atoms with van der Waals surface area (Å²) in [5.74, 6) is -0.00820. The molecule has 3 rings (SSSR count). The molecule has 6 nitrogen and oxygen atoms in total. The third-order valence-corrected chi connectivity index (χ3v) is 4.35. The van der Waals surface area contributed by atoms with E-state index in [-0.39, 0.29) is 24.4 Å². The molecule has 0 radical (unpaired) electrons. The van der Waals surface area contributed by atoms with Crippen molar-refractivity contribution < 1.29 is 18.7 Å². The van der Waals surface area contributed by atoms with Gasteiger partial charge < -0.3 is 18.9 Å². The Morgan fingerprint density at radius 2 is 2.12 bits per heavy atom. The van der Waals surface area contributed by atoms with Crippen molar-refractivity contribution in [1.29, 1.82) is 0 Å². The fourth-order valence-corrected chi connectivity index (χ4v) is 2.98. The first-order valence-electron chi connectivity index (χ1n) is 8.33. The third-order valence-electron chi connectivity index (χ3n) is 4.35. The number of rotatable bonds is 6. The minimum absolute atomic E-state index is 0.0489. The summed E-state index contributed by atoms with van der Waals surface area (Å²) in [4.78, 5) is 18.8. The smallest absolute Gasteiger partial charge is 0.261 e. The van der Waals surface area contributed by atoms with E-state index >= 15 is 0 Å². The van der Waals surface area contributed by atoms with Gasteiger partial charge >= 0.3 is 0 Å². The summed E-state index contributed by atoms with van der Waals surface area (Å²) >= 11 is 0. The zero-order valence-corrected chi connectivity index (χ0v) is 14.4. The van der Waals surface area contributed by atoms with Gasteiger partial charge in [-0.3, -0.25) is 4.79 Å². The number of carbonyl (C=O) groups excluding carboxylic acids is 1. The van der Waals surface area contributed by atoms with E-state index in [0.717, 1.165) is 11.4 Å². The highest BCUT2D eigenvalue weighted by Crippen LogP contribution is 2.23. The second kappa shape index (κ2) is 7.65. The van der Waals surface area contributed by atoms with Crippen molar-refractivity contribution in [2.75, 3.05) is 19.8 Å². The average Bonchev–Trinajstić information content (AvgIpc) is 2.98. The number of amides is 1. The van der Waals surface area contributed by atoms with Gasteiger partial charge in [0.15, 0.2) is 6.61 Å². The molecule has 2 heterocycles. The Bertz CT molecular complexity index is 730. The summed E-state index contributed by atoms with van der Waals surface area (Å²) in [5.41, 5.74) is 2.04. The van der Waals surface area contributed by atoms with Crippen molar-refractivity contribution in [2.24, 2.45) is 7.05 Å². The number of hydrogen-bond donors (Lipinski definition) is 0. The van der Waals surface area contributed by atoms with Gasteiger partial charge in [-0.25, -0.2) is 9.37 Å². The maximum Gasteiger partial charge on any atom is 0.261 e. The monoisotopic (exact) mass is 347 g/mol. The fourth-order valence-electron chi connectivity index (χ4n) is 2.98. The highest BCUT2D eigenvalue weighted by Gasteiger charge is 2.32. The van der Waals surface area contributed by atoms with Gasteiger partial charge in [0, 0.05) is 25.8 Å². The minimum atomic E-state index is -0.339. The van der Waals surface area contributed by atoms with Gasteiger partial charge in [0.2, 0.25) is 0 Å². The van der Waals surface area contributed by atoms with Crippen LogP contribution in [0.15, 0.2) is 30.6 Å². The fraction of sp³-hybridized carbons (Fsp3) is 0.444. The number of nitrogens with zero attached hydrogens (tertiary/aromatic N) is 3. The molecule has 1 atom stereocenters. The molecule has 1 aliphatic heterocycles. The number of aromatic nitrogens is 2.